The first kappa shape index (κ1) is 12.0. The first-order valence-electron chi connectivity index (χ1n) is 5.87. The smallest absolute Gasteiger partial charge is 0.0594 e. The quantitative estimate of drug-likeness (QED) is 0.725. The Kier molecular flexibility index (Phi) is 5.45. The lowest BCUT2D eigenvalue weighted by Gasteiger charge is -2.37. The molecule has 0 aliphatic carbocycles. The fraction of sp³-hybridized carbons (Fsp3) is 1.00. The molecule has 2 unspecified atom stereocenters. The zero-order chi connectivity index (χ0) is 10.4. The Labute approximate surface area is 87.6 Å². The molecule has 3 heteroatoms. The maximum atomic E-state index is 6.19. The molecule has 0 aromatic carbocycles. The zero-order valence-electron chi connectivity index (χ0n) is 9.54. The van der Waals surface area contributed by atoms with Crippen molar-refractivity contribution in [3.05, 3.63) is 0 Å². The predicted octanol–water partition coefficient (Wildman–Crippen LogP) is 1.22. The van der Waals surface area contributed by atoms with Crippen LogP contribution in [0.1, 0.15) is 33.1 Å². The van der Waals surface area contributed by atoms with Crippen LogP contribution >= 0.6 is 0 Å². The lowest BCUT2D eigenvalue weighted by atomic mass is 10.00. The molecular formula is C11H24N2O. The summed E-state index contributed by atoms with van der Waals surface area (Å²) in [5.74, 6) is 0. The molecule has 0 aromatic heterocycles. The van der Waals surface area contributed by atoms with E-state index in [1.807, 2.05) is 0 Å². The van der Waals surface area contributed by atoms with E-state index in [0.29, 0.717) is 12.1 Å². The van der Waals surface area contributed by atoms with Gasteiger partial charge in [0.2, 0.25) is 0 Å². The summed E-state index contributed by atoms with van der Waals surface area (Å²) in [7, 11) is 0. The van der Waals surface area contributed by atoms with Crippen molar-refractivity contribution < 1.29 is 4.74 Å². The van der Waals surface area contributed by atoms with Crippen molar-refractivity contribution >= 4 is 0 Å². The number of rotatable bonds is 5. The Bertz CT molecular complexity index is 146. The number of ether oxygens (including phenoxy) is 1. The lowest BCUT2D eigenvalue weighted by Crippen LogP contribution is -2.51. The van der Waals surface area contributed by atoms with E-state index >= 15 is 0 Å². The average Bonchev–Trinajstić information content (AvgIpc) is 2.21. The molecule has 1 fully saturated rings. The van der Waals surface area contributed by atoms with Crippen LogP contribution in [0.4, 0.5) is 0 Å². The molecule has 84 valence electrons. The Hall–Kier alpha value is -0.120. The summed E-state index contributed by atoms with van der Waals surface area (Å²) in [6, 6.07) is 0.891. The van der Waals surface area contributed by atoms with Gasteiger partial charge in [-0.15, -0.1) is 0 Å². The molecule has 1 aliphatic heterocycles. The highest BCUT2D eigenvalue weighted by Crippen LogP contribution is 2.13. The Morgan fingerprint density at radius 1 is 1.29 bits per heavy atom. The minimum atomic E-state index is 0.336. The fourth-order valence-corrected chi connectivity index (χ4v) is 2.27. The van der Waals surface area contributed by atoms with Crippen LogP contribution in [0.15, 0.2) is 0 Å². The van der Waals surface area contributed by atoms with Crippen LogP contribution in [-0.2, 0) is 4.74 Å². The second-order valence-electron chi connectivity index (χ2n) is 4.08. The highest BCUT2D eigenvalue weighted by Gasteiger charge is 2.24. The van der Waals surface area contributed by atoms with E-state index in [4.69, 9.17) is 10.5 Å². The van der Waals surface area contributed by atoms with E-state index in [1.165, 1.54) is 6.42 Å². The maximum absolute atomic E-state index is 6.19. The van der Waals surface area contributed by atoms with E-state index < -0.39 is 0 Å². The molecule has 0 spiro atoms. The average molecular weight is 200 g/mol. The first-order chi connectivity index (χ1) is 6.79. The molecule has 0 bridgehead atoms. The summed E-state index contributed by atoms with van der Waals surface area (Å²) in [6.07, 6.45) is 3.47. The minimum Gasteiger partial charge on any atom is -0.379 e. The number of morpholine rings is 1. The van der Waals surface area contributed by atoms with Crippen molar-refractivity contribution in [2.24, 2.45) is 5.73 Å². The zero-order valence-corrected chi connectivity index (χ0v) is 9.54. The Morgan fingerprint density at radius 3 is 2.43 bits per heavy atom. The van der Waals surface area contributed by atoms with Crippen LogP contribution in [0, 0.1) is 0 Å². The number of hydrogen-bond donors (Lipinski definition) is 1. The standard InChI is InChI=1S/C11H24N2O/c1-3-5-10(12)11(4-2)13-6-8-14-9-7-13/h10-11H,3-9,12H2,1-2H3. The van der Waals surface area contributed by atoms with Gasteiger partial charge in [-0.05, 0) is 12.8 Å². The van der Waals surface area contributed by atoms with Crippen molar-refractivity contribution in [2.75, 3.05) is 26.3 Å². The molecule has 1 aliphatic rings. The third-order valence-corrected chi connectivity index (χ3v) is 3.05. The number of hydrogen-bond acceptors (Lipinski definition) is 3. The minimum absolute atomic E-state index is 0.336. The topological polar surface area (TPSA) is 38.5 Å². The van der Waals surface area contributed by atoms with Gasteiger partial charge in [-0.2, -0.15) is 0 Å². The van der Waals surface area contributed by atoms with Crippen LogP contribution in [0.3, 0.4) is 0 Å². The fourth-order valence-electron chi connectivity index (χ4n) is 2.27. The number of nitrogens with zero attached hydrogens (tertiary/aromatic N) is 1. The van der Waals surface area contributed by atoms with Gasteiger partial charge >= 0.3 is 0 Å². The summed E-state index contributed by atoms with van der Waals surface area (Å²) in [5, 5.41) is 0. The predicted molar refractivity (Wildman–Crippen MR) is 59.4 cm³/mol. The highest BCUT2D eigenvalue weighted by atomic mass is 16.5. The van der Waals surface area contributed by atoms with Crippen molar-refractivity contribution in [2.45, 2.75) is 45.2 Å². The molecule has 0 aromatic rings. The van der Waals surface area contributed by atoms with E-state index in [9.17, 15) is 0 Å². The van der Waals surface area contributed by atoms with Gasteiger partial charge in [-0.1, -0.05) is 20.3 Å². The van der Waals surface area contributed by atoms with E-state index in [0.717, 1.165) is 39.1 Å². The summed E-state index contributed by atoms with van der Waals surface area (Å²) in [4.78, 5) is 2.49. The molecule has 3 nitrogen and oxygen atoms in total. The second-order valence-corrected chi connectivity index (χ2v) is 4.08. The summed E-state index contributed by atoms with van der Waals surface area (Å²) >= 11 is 0. The van der Waals surface area contributed by atoms with E-state index in [-0.39, 0.29) is 0 Å². The Morgan fingerprint density at radius 2 is 1.93 bits per heavy atom. The molecule has 0 amide bonds. The molecule has 1 heterocycles. The summed E-state index contributed by atoms with van der Waals surface area (Å²) in [5.41, 5.74) is 6.19. The van der Waals surface area contributed by atoms with E-state index in [1.54, 1.807) is 0 Å². The van der Waals surface area contributed by atoms with Gasteiger partial charge in [0.1, 0.15) is 0 Å². The molecule has 0 saturated carbocycles. The molecule has 1 saturated heterocycles. The van der Waals surface area contributed by atoms with Gasteiger partial charge in [0.15, 0.2) is 0 Å². The van der Waals surface area contributed by atoms with Gasteiger partial charge in [0, 0.05) is 25.2 Å². The molecule has 2 N–H and O–H groups in total. The molecular weight excluding hydrogens is 176 g/mol. The van der Waals surface area contributed by atoms with Crippen molar-refractivity contribution in [1.29, 1.82) is 0 Å². The monoisotopic (exact) mass is 200 g/mol. The largest absolute Gasteiger partial charge is 0.379 e. The van der Waals surface area contributed by atoms with E-state index in [2.05, 4.69) is 18.7 Å². The van der Waals surface area contributed by atoms with Gasteiger partial charge < -0.3 is 10.5 Å². The van der Waals surface area contributed by atoms with Gasteiger partial charge in [-0.25, -0.2) is 0 Å². The molecule has 1 rings (SSSR count). The maximum Gasteiger partial charge on any atom is 0.0594 e. The summed E-state index contributed by atoms with van der Waals surface area (Å²) < 4.78 is 5.35. The SMILES string of the molecule is CCCC(N)C(CC)N1CCOCC1. The first-order valence-corrected chi connectivity index (χ1v) is 5.87. The van der Waals surface area contributed by atoms with Gasteiger partial charge in [0.05, 0.1) is 13.2 Å². The normalized spacial score (nSPS) is 23.4. The number of nitrogens with two attached hydrogens (primary N) is 1. The third kappa shape index (κ3) is 3.23. The third-order valence-electron chi connectivity index (χ3n) is 3.05. The van der Waals surface area contributed by atoms with Crippen molar-refractivity contribution in [1.82, 2.24) is 4.90 Å². The van der Waals surface area contributed by atoms with Gasteiger partial charge in [0.25, 0.3) is 0 Å². The van der Waals surface area contributed by atoms with Crippen LogP contribution < -0.4 is 5.73 Å². The van der Waals surface area contributed by atoms with Crippen molar-refractivity contribution in [3.63, 3.8) is 0 Å². The van der Waals surface area contributed by atoms with Crippen LogP contribution in [0.2, 0.25) is 0 Å². The Balaban J connectivity index is 2.41. The molecule has 0 radical (unpaired) electrons. The van der Waals surface area contributed by atoms with Crippen LogP contribution in [0.5, 0.6) is 0 Å². The summed E-state index contributed by atoms with van der Waals surface area (Å²) in [6.45, 7) is 8.28. The second kappa shape index (κ2) is 6.38. The van der Waals surface area contributed by atoms with Gasteiger partial charge in [-0.3, -0.25) is 4.90 Å². The van der Waals surface area contributed by atoms with Crippen LogP contribution in [0.25, 0.3) is 0 Å². The molecule has 2 atom stereocenters. The molecule has 14 heavy (non-hydrogen) atoms. The van der Waals surface area contributed by atoms with Crippen LogP contribution in [-0.4, -0.2) is 43.3 Å². The lowest BCUT2D eigenvalue weighted by molar-refractivity contribution is 0.00945. The van der Waals surface area contributed by atoms with Crippen molar-refractivity contribution in [3.8, 4) is 0 Å². The highest BCUT2D eigenvalue weighted by molar-refractivity contribution is 4.82.